The van der Waals surface area contributed by atoms with Gasteiger partial charge in [0.1, 0.15) is 5.75 Å². The van der Waals surface area contributed by atoms with Crippen LogP contribution in [0.4, 0.5) is 24.5 Å². The van der Waals surface area contributed by atoms with Gasteiger partial charge in [-0.15, -0.1) is 0 Å². The molecule has 0 aliphatic heterocycles. The van der Waals surface area contributed by atoms with Crippen LogP contribution in [0.5, 0.6) is 11.5 Å². The zero-order valence-electron chi connectivity index (χ0n) is 16.4. The highest BCUT2D eigenvalue weighted by Gasteiger charge is 2.33. The Kier molecular flexibility index (Phi) is 6.45. The van der Waals surface area contributed by atoms with E-state index in [0.717, 1.165) is 28.9 Å². The topological polar surface area (TPSA) is 64.7 Å². The van der Waals surface area contributed by atoms with Gasteiger partial charge in [0.25, 0.3) is 0 Å². The van der Waals surface area contributed by atoms with Gasteiger partial charge in [-0.2, -0.15) is 13.2 Å². The molecule has 0 unspecified atom stereocenters. The van der Waals surface area contributed by atoms with Gasteiger partial charge in [0, 0.05) is 22.3 Å². The third-order valence-corrected chi connectivity index (χ3v) is 4.88. The van der Waals surface area contributed by atoms with Crippen molar-refractivity contribution >= 4 is 33.5 Å². The van der Waals surface area contributed by atoms with Crippen molar-refractivity contribution in [2.45, 2.75) is 20.0 Å². The molecular weight excluding hydrogens is 477 g/mol. The van der Waals surface area contributed by atoms with Crippen LogP contribution in [0, 0.1) is 24.0 Å². The minimum Gasteiger partial charge on any atom is -0.449 e. The van der Waals surface area contributed by atoms with E-state index in [4.69, 9.17) is 4.74 Å². The molecule has 3 aromatic rings. The van der Waals surface area contributed by atoms with E-state index in [2.05, 4.69) is 20.9 Å². The van der Waals surface area contributed by atoms with Crippen LogP contribution in [0.15, 0.2) is 64.1 Å². The lowest BCUT2D eigenvalue weighted by Crippen LogP contribution is -2.06. The van der Waals surface area contributed by atoms with Gasteiger partial charge in [-0.3, -0.25) is 15.1 Å². The van der Waals surface area contributed by atoms with Crippen LogP contribution in [0.25, 0.3) is 0 Å². The normalized spacial score (nSPS) is 11.7. The van der Waals surface area contributed by atoms with E-state index in [-0.39, 0.29) is 11.5 Å². The number of hydrogen-bond acceptors (Lipinski definition) is 4. The molecule has 0 atom stereocenters. The summed E-state index contributed by atoms with van der Waals surface area (Å²) in [6.45, 7) is 3.85. The predicted octanol–water partition coefficient (Wildman–Crippen LogP) is 7.54. The van der Waals surface area contributed by atoms with Crippen molar-refractivity contribution in [3.05, 3.63) is 91.4 Å². The van der Waals surface area contributed by atoms with Gasteiger partial charge in [0.2, 0.25) is 5.75 Å². The Hall–Kier alpha value is -3.20. The van der Waals surface area contributed by atoms with Crippen LogP contribution in [0.3, 0.4) is 0 Å². The number of ether oxygens (including phenoxy) is 1. The van der Waals surface area contributed by atoms with Gasteiger partial charge >= 0.3 is 11.9 Å². The van der Waals surface area contributed by atoms with Crippen molar-refractivity contribution in [2.75, 3.05) is 0 Å². The Balaban J connectivity index is 2.01. The second kappa shape index (κ2) is 8.89. The predicted molar refractivity (Wildman–Crippen MR) is 115 cm³/mol. The minimum atomic E-state index is -4.70. The molecule has 0 N–H and O–H groups in total. The highest BCUT2D eigenvalue weighted by Crippen LogP contribution is 2.38. The van der Waals surface area contributed by atoms with Crippen molar-refractivity contribution in [2.24, 2.45) is 4.99 Å². The Bertz CT molecular complexity index is 1180. The molecule has 160 valence electrons. The van der Waals surface area contributed by atoms with Crippen LogP contribution in [-0.4, -0.2) is 11.1 Å². The molecule has 0 aromatic heterocycles. The zero-order chi connectivity index (χ0) is 22.8. The Morgan fingerprint density at radius 3 is 2.42 bits per heavy atom. The minimum absolute atomic E-state index is 0.208. The lowest BCUT2D eigenvalue weighted by Gasteiger charge is -2.12. The monoisotopic (exact) mass is 492 g/mol. The molecule has 3 aromatic carbocycles. The van der Waals surface area contributed by atoms with Crippen molar-refractivity contribution in [3.63, 3.8) is 0 Å². The molecule has 0 bridgehead atoms. The molecule has 0 saturated heterocycles. The molecule has 5 nitrogen and oxygen atoms in total. The van der Waals surface area contributed by atoms with E-state index in [1.165, 1.54) is 6.21 Å². The third-order valence-electron chi connectivity index (χ3n) is 4.38. The fourth-order valence-electron chi connectivity index (χ4n) is 2.75. The van der Waals surface area contributed by atoms with E-state index >= 15 is 0 Å². The number of aliphatic imine (C=N–C) groups is 1. The molecule has 0 spiro atoms. The molecule has 9 heteroatoms. The quantitative estimate of drug-likeness (QED) is 0.210. The van der Waals surface area contributed by atoms with Gasteiger partial charge < -0.3 is 4.74 Å². The highest BCUT2D eigenvalue weighted by atomic mass is 79.9. The van der Waals surface area contributed by atoms with Gasteiger partial charge in [-0.25, -0.2) is 0 Å². The average Bonchev–Trinajstić information content (AvgIpc) is 2.69. The van der Waals surface area contributed by atoms with Gasteiger partial charge in [0.05, 0.1) is 16.2 Å². The molecule has 0 amide bonds. The van der Waals surface area contributed by atoms with Crippen molar-refractivity contribution in [1.82, 2.24) is 0 Å². The Labute approximate surface area is 184 Å². The van der Waals surface area contributed by atoms with Crippen LogP contribution in [-0.2, 0) is 6.18 Å². The maximum Gasteiger partial charge on any atom is 0.416 e. The molecule has 0 aliphatic carbocycles. The van der Waals surface area contributed by atoms with Crippen molar-refractivity contribution < 1.29 is 22.8 Å². The van der Waals surface area contributed by atoms with Gasteiger partial charge in [-0.1, -0.05) is 28.1 Å². The fraction of sp³-hybridized carbons (Fsp3) is 0.136. The zero-order valence-corrected chi connectivity index (χ0v) is 18.0. The van der Waals surface area contributed by atoms with Crippen molar-refractivity contribution in [3.8, 4) is 11.5 Å². The molecule has 0 heterocycles. The van der Waals surface area contributed by atoms with Crippen LogP contribution < -0.4 is 4.74 Å². The summed E-state index contributed by atoms with van der Waals surface area (Å²) in [6.07, 6.45) is -3.16. The molecule has 0 aliphatic rings. The Morgan fingerprint density at radius 2 is 1.74 bits per heavy atom. The summed E-state index contributed by atoms with van der Waals surface area (Å²) in [6, 6.07) is 12.8. The lowest BCUT2D eigenvalue weighted by molar-refractivity contribution is -0.385. The van der Waals surface area contributed by atoms with E-state index in [1.54, 1.807) is 18.2 Å². The maximum absolute atomic E-state index is 12.9. The number of nitrogens with zero attached hydrogens (tertiary/aromatic N) is 2. The van der Waals surface area contributed by atoms with E-state index < -0.39 is 22.4 Å². The smallest absolute Gasteiger partial charge is 0.416 e. The highest BCUT2D eigenvalue weighted by molar-refractivity contribution is 9.10. The van der Waals surface area contributed by atoms with Crippen LogP contribution in [0.2, 0.25) is 0 Å². The molecule has 3 rings (SSSR count). The van der Waals surface area contributed by atoms with E-state index in [0.29, 0.717) is 16.1 Å². The molecule has 0 radical (unpaired) electrons. The van der Waals surface area contributed by atoms with Gasteiger partial charge in [0.15, 0.2) is 0 Å². The SMILES string of the molecule is Cc1ccc(C)c(N=Cc2cc(Br)ccc2Oc2ccc(C(F)(F)F)cc2[N+](=O)[O-])c1. The maximum atomic E-state index is 12.9. The lowest BCUT2D eigenvalue weighted by atomic mass is 10.1. The summed E-state index contributed by atoms with van der Waals surface area (Å²) < 4.78 is 45.2. The third kappa shape index (κ3) is 5.49. The summed E-state index contributed by atoms with van der Waals surface area (Å²) in [5.41, 5.74) is 1.31. The first-order chi connectivity index (χ1) is 14.5. The molecule has 0 fully saturated rings. The summed E-state index contributed by atoms with van der Waals surface area (Å²) in [4.78, 5) is 14.9. The van der Waals surface area contributed by atoms with Crippen LogP contribution >= 0.6 is 15.9 Å². The Morgan fingerprint density at radius 1 is 1.03 bits per heavy atom. The summed E-state index contributed by atoms with van der Waals surface area (Å²) in [5, 5.41) is 11.3. The second-order valence-corrected chi connectivity index (χ2v) is 7.69. The van der Waals surface area contributed by atoms with Crippen molar-refractivity contribution in [1.29, 1.82) is 0 Å². The first-order valence-corrected chi connectivity index (χ1v) is 9.78. The van der Waals surface area contributed by atoms with E-state index in [9.17, 15) is 23.3 Å². The summed E-state index contributed by atoms with van der Waals surface area (Å²) >= 11 is 3.35. The number of halogens is 4. The fourth-order valence-corrected chi connectivity index (χ4v) is 3.13. The number of benzene rings is 3. The number of alkyl halides is 3. The van der Waals surface area contributed by atoms with Crippen LogP contribution in [0.1, 0.15) is 22.3 Å². The summed E-state index contributed by atoms with van der Waals surface area (Å²) in [7, 11) is 0. The number of aryl methyl sites for hydroxylation is 2. The number of nitro groups is 1. The largest absolute Gasteiger partial charge is 0.449 e. The number of rotatable bonds is 5. The first kappa shape index (κ1) is 22.5. The average molecular weight is 493 g/mol. The second-order valence-electron chi connectivity index (χ2n) is 6.77. The van der Waals surface area contributed by atoms with E-state index in [1.807, 2.05) is 32.0 Å². The summed E-state index contributed by atoms with van der Waals surface area (Å²) in [5.74, 6) is -0.0955. The molecule has 0 saturated carbocycles. The molecule has 31 heavy (non-hydrogen) atoms. The standard InChI is InChI=1S/C22H16BrF3N2O3/c1-13-3-4-14(2)18(9-13)27-12-15-10-17(23)6-8-20(15)31-21-7-5-16(22(24,25)26)11-19(21)28(29)30/h3-12H,1-2H3. The number of hydrogen-bond donors (Lipinski definition) is 0. The van der Waals surface area contributed by atoms with Gasteiger partial charge in [-0.05, 0) is 61.4 Å². The number of nitro benzene ring substituents is 1. The molecular formula is C22H16BrF3N2O3. The first-order valence-electron chi connectivity index (χ1n) is 8.99.